The van der Waals surface area contributed by atoms with Crippen molar-refractivity contribution < 1.29 is 13.8 Å². The summed E-state index contributed by atoms with van der Waals surface area (Å²) in [6.45, 7) is 3.73. The van der Waals surface area contributed by atoms with Crippen molar-refractivity contribution in [3.8, 4) is 11.8 Å². The lowest BCUT2D eigenvalue weighted by Crippen LogP contribution is -2.01. The molecule has 0 aromatic heterocycles. The highest BCUT2D eigenvalue weighted by atomic mass is 32.0. The fraction of sp³-hybridized carbons (Fsp3) is 0.435. The Bertz CT molecular complexity index is 625. The molecule has 0 radical (unpaired) electrons. The van der Waals surface area contributed by atoms with Crippen LogP contribution in [0, 0.1) is 11.8 Å². The van der Waals surface area contributed by atoms with Gasteiger partial charge in [0.15, 0.2) is 0 Å². The molecule has 0 aromatic carbocycles. The van der Waals surface area contributed by atoms with Gasteiger partial charge in [-0.15, -0.1) is 0 Å². The van der Waals surface area contributed by atoms with Gasteiger partial charge in [-0.05, 0) is 38.7 Å². The molecule has 0 heterocycles. The third-order valence-corrected chi connectivity index (χ3v) is 4.81. The third-order valence-electron chi connectivity index (χ3n) is 3.63. The first-order valence-corrected chi connectivity index (χ1v) is 13.1. The smallest absolute Gasteiger partial charge is 0.130 e. The lowest BCUT2D eigenvalue weighted by molar-refractivity contribution is -0.116. The van der Waals surface area contributed by atoms with Crippen LogP contribution in [0.4, 0.5) is 0 Å². The molecule has 0 rings (SSSR count). The molecule has 0 spiro atoms. The summed E-state index contributed by atoms with van der Waals surface area (Å²) in [5.74, 6) is 6.32. The van der Waals surface area contributed by atoms with Gasteiger partial charge in [0.05, 0.1) is 6.10 Å². The number of hydrogen-bond acceptors (Lipinski definition) is 3. The molecule has 160 valence electrons. The van der Waals surface area contributed by atoms with E-state index in [1.807, 2.05) is 24.3 Å². The number of carbonyl (C=O) groups is 1. The Morgan fingerprint density at radius 3 is 2.55 bits per heavy atom. The fourth-order valence-electron chi connectivity index (χ4n) is 2.13. The Hall–Kier alpha value is -0.860. The highest BCUT2D eigenvalue weighted by molar-refractivity contribution is 8.00. The van der Waals surface area contributed by atoms with E-state index in [2.05, 4.69) is 73.6 Å². The molecule has 5 unspecified atom stereocenters. The number of hydrogen-bond donors (Lipinski definition) is 0. The minimum absolute atomic E-state index is 0.0451. The monoisotopic (exact) mass is 452 g/mol. The van der Waals surface area contributed by atoms with E-state index in [-0.39, 0.29) is 18.0 Å². The highest BCUT2D eigenvalue weighted by Gasteiger charge is 2.00. The van der Waals surface area contributed by atoms with Gasteiger partial charge in [-0.3, -0.25) is 0 Å². The summed E-state index contributed by atoms with van der Waals surface area (Å²) >= 11 is 0. The average Bonchev–Trinajstić information content (AvgIpc) is 2.70. The largest absolute Gasteiger partial charge is 0.351 e. The second-order valence-electron chi connectivity index (χ2n) is 6.20. The van der Waals surface area contributed by atoms with E-state index in [4.69, 9.17) is 9.05 Å². The van der Waals surface area contributed by atoms with E-state index in [1.165, 1.54) is 0 Å². The highest BCUT2D eigenvalue weighted by Crippen LogP contribution is 2.25. The van der Waals surface area contributed by atoms with E-state index in [0.29, 0.717) is 14.9 Å². The predicted octanol–water partition coefficient (Wildman–Crippen LogP) is 6.66. The van der Waals surface area contributed by atoms with Gasteiger partial charge in [0.25, 0.3) is 0 Å². The number of allylic oxidation sites excluding steroid dienone is 7. The molecule has 0 saturated heterocycles. The maximum Gasteiger partial charge on any atom is 0.130 e. The first-order chi connectivity index (χ1) is 14.1. The zero-order valence-electron chi connectivity index (χ0n) is 17.6. The van der Waals surface area contributed by atoms with Crippen LogP contribution >= 0.6 is 26.9 Å². The summed E-state index contributed by atoms with van der Waals surface area (Å²) in [4.78, 5) is 10.9. The Labute approximate surface area is 183 Å². The van der Waals surface area contributed by atoms with Crippen LogP contribution in [0.5, 0.6) is 0 Å². The summed E-state index contributed by atoms with van der Waals surface area (Å²) in [7, 11) is 5.26. The van der Waals surface area contributed by atoms with Gasteiger partial charge >= 0.3 is 0 Å². The zero-order valence-corrected chi connectivity index (χ0v) is 20.9. The standard InChI is InChI=1S/C23H35O3P3/c1-3-4-11-17-22(25-27)18-13-9-10-15-20-23(26-29-28)19-14-8-6-5-7-12-16-21(2)24/h4-5,7-11,14-15,20,22-23,29H,3,6,12,16-17,19,27-28H2,1-2H3. The maximum absolute atomic E-state index is 10.9. The van der Waals surface area contributed by atoms with Crippen LogP contribution in [0.25, 0.3) is 0 Å². The molecule has 0 aliphatic rings. The topological polar surface area (TPSA) is 35.5 Å². The third kappa shape index (κ3) is 20.2. The van der Waals surface area contributed by atoms with Crippen molar-refractivity contribution >= 4 is 32.7 Å². The molecule has 0 fully saturated rings. The second-order valence-corrected chi connectivity index (χ2v) is 7.65. The van der Waals surface area contributed by atoms with Gasteiger partial charge in [-0.2, -0.15) is 0 Å². The van der Waals surface area contributed by atoms with Crippen LogP contribution in [0.1, 0.15) is 52.4 Å². The number of rotatable bonds is 15. The number of Topliss-reactive ketones (excluding diaryl/α,β-unsaturated/α-hetero) is 1. The van der Waals surface area contributed by atoms with Crippen molar-refractivity contribution in [2.45, 2.75) is 64.6 Å². The molecule has 0 N–H and O–H groups in total. The van der Waals surface area contributed by atoms with Crippen molar-refractivity contribution in [3.05, 3.63) is 60.8 Å². The van der Waals surface area contributed by atoms with E-state index < -0.39 is 0 Å². The summed E-state index contributed by atoms with van der Waals surface area (Å²) in [5, 5.41) is 0. The molecular weight excluding hydrogens is 417 g/mol. The predicted molar refractivity (Wildman–Crippen MR) is 135 cm³/mol. The molecule has 0 aromatic rings. The molecule has 5 atom stereocenters. The molecule has 0 amide bonds. The number of carbonyl (C=O) groups excluding carboxylic acids is 1. The van der Waals surface area contributed by atoms with E-state index >= 15 is 0 Å². The van der Waals surface area contributed by atoms with E-state index in [0.717, 1.165) is 32.1 Å². The summed E-state index contributed by atoms with van der Waals surface area (Å²) in [6, 6.07) is 0. The van der Waals surface area contributed by atoms with Gasteiger partial charge in [0.1, 0.15) is 11.9 Å². The van der Waals surface area contributed by atoms with Gasteiger partial charge in [-0.25, -0.2) is 0 Å². The normalized spacial score (nSPS) is 14.8. The lowest BCUT2D eigenvalue weighted by atomic mass is 10.2. The molecule has 29 heavy (non-hydrogen) atoms. The van der Waals surface area contributed by atoms with E-state index in [9.17, 15) is 4.79 Å². The molecule has 0 aliphatic heterocycles. The first-order valence-electron chi connectivity index (χ1n) is 9.89. The minimum atomic E-state index is -0.104. The quantitative estimate of drug-likeness (QED) is 0.121. The Morgan fingerprint density at radius 2 is 1.86 bits per heavy atom. The van der Waals surface area contributed by atoms with Crippen molar-refractivity contribution in [1.29, 1.82) is 0 Å². The van der Waals surface area contributed by atoms with Gasteiger partial charge in [-0.1, -0.05) is 82.4 Å². The Balaban J connectivity index is 4.33. The molecular formula is C23H35O3P3. The van der Waals surface area contributed by atoms with Crippen LogP contribution in [-0.2, 0) is 13.8 Å². The summed E-state index contributed by atoms with van der Waals surface area (Å²) < 4.78 is 11.0. The Morgan fingerprint density at radius 1 is 1.10 bits per heavy atom. The van der Waals surface area contributed by atoms with Crippen LogP contribution in [0.15, 0.2) is 60.8 Å². The van der Waals surface area contributed by atoms with E-state index in [1.54, 1.807) is 6.92 Å². The molecule has 0 bridgehead atoms. The van der Waals surface area contributed by atoms with Crippen LogP contribution in [-0.4, -0.2) is 18.0 Å². The average molecular weight is 452 g/mol. The van der Waals surface area contributed by atoms with Crippen molar-refractivity contribution in [2.75, 3.05) is 0 Å². The second kappa shape index (κ2) is 21.8. The molecule has 6 heteroatoms. The van der Waals surface area contributed by atoms with Crippen molar-refractivity contribution in [2.24, 2.45) is 0 Å². The summed E-state index contributed by atoms with van der Waals surface area (Å²) in [6.07, 6.45) is 25.2. The first kappa shape index (κ1) is 28.1. The van der Waals surface area contributed by atoms with Gasteiger partial charge < -0.3 is 13.8 Å². The SMILES string of the molecule is CCC=CCC(C#CC=CC=CC(CC=CCC=CCCC(C)=O)OPP)OP. The molecule has 0 saturated carbocycles. The molecule has 3 nitrogen and oxygen atoms in total. The number of ketones is 1. The minimum Gasteiger partial charge on any atom is -0.351 e. The Kier molecular flexibility index (Phi) is 21.2. The van der Waals surface area contributed by atoms with Crippen LogP contribution in [0.3, 0.4) is 0 Å². The lowest BCUT2D eigenvalue weighted by Gasteiger charge is -2.09. The zero-order chi connectivity index (χ0) is 21.6. The van der Waals surface area contributed by atoms with Crippen molar-refractivity contribution in [3.63, 3.8) is 0 Å². The molecule has 0 aliphatic carbocycles. The fourth-order valence-corrected chi connectivity index (χ4v) is 3.18. The van der Waals surface area contributed by atoms with Gasteiger partial charge in [0, 0.05) is 30.8 Å². The van der Waals surface area contributed by atoms with Crippen molar-refractivity contribution in [1.82, 2.24) is 0 Å². The van der Waals surface area contributed by atoms with Crippen LogP contribution < -0.4 is 0 Å². The van der Waals surface area contributed by atoms with Crippen LogP contribution in [0.2, 0.25) is 0 Å². The van der Waals surface area contributed by atoms with Gasteiger partial charge in [0.2, 0.25) is 0 Å². The summed E-state index contributed by atoms with van der Waals surface area (Å²) in [5.41, 5.74) is 0. The maximum atomic E-state index is 10.9.